The molecule has 1 N–H and O–H groups in total. The van der Waals surface area contributed by atoms with Gasteiger partial charge in [0.25, 0.3) is 0 Å². The van der Waals surface area contributed by atoms with E-state index in [9.17, 15) is 13.5 Å². The van der Waals surface area contributed by atoms with Crippen LogP contribution in [0.4, 0.5) is 0 Å². The molecule has 9 nitrogen and oxygen atoms in total. The number of nitrogens with zero attached hydrogens (tertiary/aromatic N) is 5. The zero-order chi connectivity index (χ0) is 25.0. The molecular formula is C25H31N5O4S. The van der Waals surface area contributed by atoms with Crippen LogP contribution in [0.3, 0.4) is 0 Å². The summed E-state index contributed by atoms with van der Waals surface area (Å²) in [5.74, 6) is 0.174. The van der Waals surface area contributed by atoms with Gasteiger partial charge in [0.1, 0.15) is 23.1 Å². The maximum Gasteiger partial charge on any atom is 0.247 e. The van der Waals surface area contributed by atoms with Gasteiger partial charge in [-0.2, -0.15) is 4.31 Å². The van der Waals surface area contributed by atoms with E-state index in [1.807, 2.05) is 26.1 Å². The van der Waals surface area contributed by atoms with Gasteiger partial charge in [-0.3, -0.25) is 9.88 Å². The van der Waals surface area contributed by atoms with Crippen molar-refractivity contribution in [3.05, 3.63) is 67.0 Å². The van der Waals surface area contributed by atoms with E-state index in [2.05, 4.69) is 19.9 Å². The Hall–Kier alpha value is -2.92. The van der Waals surface area contributed by atoms with Gasteiger partial charge in [0, 0.05) is 61.9 Å². The highest BCUT2D eigenvalue weighted by atomic mass is 32.2. The number of likely N-dealkylation sites (N-methyl/N-ethyl adjacent to an activating group) is 1. The molecule has 0 saturated heterocycles. The lowest BCUT2D eigenvalue weighted by Crippen LogP contribution is -2.49. The van der Waals surface area contributed by atoms with E-state index >= 15 is 0 Å². The maximum absolute atomic E-state index is 13.6. The van der Waals surface area contributed by atoms with Gasteiger partial charge in [0.2, 0.25) is 10.0 Å². The van der Waals surface area contributed by atoms with Crippen LogP contribution in [-0.4, -0.2) is 76.6 Å². The van der Waals surface area contributed by atoms with Crippen LogP contribution in [0.1, 0.15) is 19.4 Å². The third-order valence-electron chi connectivity index (χ3n) is 6.24. The van der Waals surface area contributed by atoms with E-state index in [1.54, 1.807) is 49.9 Å². The molecule has 2 aromatic heterocycles. The molecule has 0 radical (unpaired) electrons. The zero-order valence-corrected chi connectivity index (χ0v) is 21.0. The molecular weight excluding hydrogens is 466 g/mol. The SMILES string of the molecule is C[C@H]1CN([C@@H](C)CO)S(=O)(=O)c2ccc(-c3ccncc3)cc2O[C@@H]1CN(C)Cc1cncnc1. The molecule has 186 valence electrons. The minimum Gasteiger partial charge on any atom is -0.487 e. The molecule has 0 unspecified atom stereocenters. The molecule has 1 aliphatic rings. The standard InChI is InChI=1S/C25H31N5O4S/c1-18-13-30(19(2)16-31)35(32,33)25-5-4-22(21-6-8-26-9-7-21)10-23(25)34-24(18)15-29(3)14-20-11-27-17-28-12-20/h4-12,17-19,24,31H,13-16H2,1-3H3/t18-,19-,24+/m0/s1. The fraction of sp³-hybridized carbons (Fsp3) is 0.400. The molecule has 0 bridgehead atoms. The predicted octanol–water partition coefficient (Wildman–Crippen LogP) is 2.44. The summed E-state index contributed by atoms with van der Waals surface area (Å²) >= 11 is 0. The molecule has 0 spiro atoms. The highest BCUT2D eigenvalue weighted by molar-refractivity contribution is 7.89. The summed E-state index contributed by atoms with van der Waals surface area (Å²) in [5.41, 5.74) is 2.73. The van der Waals surface area contributed by atoms with Crippen molar-refractivity contribution >= 4 is 10.0 Å². The smallest absolute Gasteiger partial charge is 0.247 e. The minimum atomic E-state index is -3.88. The van der Waals surface area contributed by atoms with Crippen LogP contribution in [0.2, 0.25) is 0 Å². The zero-order valence-electron chi connectivity index (χ0n) is 20.2. The molecule has 1 aliphatic heterocycles. The molecule has 1 aromatic carbocycles. The molecule has 35 heavy (non-hydrogen) atoms. The summed E-state index contributed by atoms with van der Waals surface area (Å²) < 4.78 is 35.1. The molecule has 0 fully saturated rings. The molecule has 10 heteroatoms. The van der Waals surface area contributed by atoms with Gasteiger partial charge in [-0.1, -0.05) is 13.0 Å². The van der Waals surface area contributed by atoms with Gasteiger partial charge >= 0.3 is 0 Å². The number of aliphatic hydroxyl groups is 1. The van der Waals surface area contributed by atoms with Crippen molar-refractivity contribution in [1.82, 2.24) is 24.2 Å². The molecule has 0 saturated carbocycles. The highest BCUT2D eigenvalue weighted by Gasteiger charge is 2.38. The van der Waals surface area contributed by atoms with Crippen molar-refractivity contribution in [2.24, 2.45) is 5.92 Å². The fourth-order valence-electron chi connectivity index (χ4n) is 4.26. The second-order valence-corrected chi connectivity index (χ2v) is 10.9. The Balaban J connectivity index is 1.72. The number of aliphatic hydroxyl groups excluding tert-OH is 1. The number of fused-ring (bicyclic) bond motifs is 1. The monoisotopic (exact) mass is 497 g/mol. The first-order valence-electron chi connectivity index (χ1n) is 11.6. The van der Waals surface area contributed by atoms with Crippen LogP contribution in [0.5, 0.6) is 5.75 Å². The Morgan fingerprint density at radius 3 is 2.54 bits per heavy atom. The first-order valence-corrected chi connectivity index (χ1v) is 13.0. The van der Waals surface area contributed by atoms with Crippen molar-refractivity contribution in [1.29, 1.82) is 0 Å². The van der Waals surface area contributed by atoms with Gasteiger partial charge in [0.05, 0.1) is 6.61 Å². The summed E-state index contributed by atoms with van der Waals surface area (Å²) in [7, 11) is -1.89. The van der Waals surface area contributed by atoms with E-state index in [4.69, 9.17) is 4.74 Å². The van der Waals surface area contributed by atoms with Crippen molar-refractivity contribution < 1.29 is 18.3 Å². The number of benzene rings is 1. The third kappa shape index (κ3) is 5.67. The van der Waals surface area contributed by atoms with Gasteiger partial charge < -0.3 is 9.84 Å². The second kappa shape index (κ2) is 10.8. The van der Waals surface area contributed by atoms with E-state index in [-0.39, 0.29) is 30.1 Å². The van der Waals surface area contributed by atoms with Crippen LogP contribution in [-0.2, 0) is 16.6 Å². The van der Waals surface area contributed by atoms with Crippen LogP contribution in [0.15, 0.2) is 66.3 Å². The van der Waals surface area contributed by atoms with E-state index in [0.717, 1.165) is 16.7 Å². The highest BCUT2D eigenvalue weighted by Crippen LogP contribution is 2.36. The first-order chi connectivity index (χ1) is 16.8. The lowest BCUT2D eigenvalue weighted by molar-refractivity contribution is 0.0733. The van der Waals surface area contributed by atoms with E-state index in [1.165, 1.54) is 10.6 Å². The van der Waals surface area contributed by atoms with E-state index < -0.39 is 16.1 Å². The third-order valence-corrected chi connectivity index (χ3v) is 8.26. The fourth-order valence-corrected chi connectivity index (χ4v) is 6.09. The second-order valence-electron chi connectivity index (χ2n) is 9.08. The molecule has 0 aliphatic carbocycles. The lowest BCUT2D eigenvalue weighted by atomic mass is 10.0. The number of sulfonamides is 1. The average molecular weight is 498 g/mol. The van der Waals surface area contributed by atoms with Gasteiger partial charge in [-0.25, -0.2) is 18.4 Å². The quantitative estimate of drug-likeness (QED) is 0.530. The van der Waals surface area contributed by atoms with E-state index in [0.29, 0.717) is 18.8 Å². The van der Waals surface area contributed by atoms with Crippen molar-refractivity contribution in [2.75, 3.05) is 26.7 Å². The number of pyridine rings is 1. The number of hydrogen-bond donors (Lipinski definition) is 1. The topological polar surface area (TPSA) is 109 Å². The summed E-state index contributed by atoms with van der Waals surface area (Å²) in [6.07, 6.45) is 8.15. The van der Waals surface area contributed by atoms with Crippen LogP contribution in [0.25, 0.3) is 11.1 Å². The lowest BCUT2D eigenvalue weighted by Gasteiger charge is -2.37. The number of rotatable bonds is 7. The summed E-state index contributed by atoms with van der Waals surface area (Å²) in [6.45, 7) is 4.86. The number of aromatic nitrogens is 3. The van der Waals surface area contributed by atoms with Crippen molar-refractivity contribution in [2.45, 2.75) is 37.4 Å². The molecule has 0 amide bonds. The summed E-state index contributed by atoms with van der Waals surface area (Å²) in [6, 6.07) is 8.33. The predicted molar refractivity (Wildman–Crippen MR) is 132 cm³/mol. The largest absolute Gasteiger partial charge is 0.487 e. The number of hydrogen-bond acceptors (Lipinski definition) is 8. The minimum absolute atomic E-state index is 0.103. The Kier molecular flexibility index (Phi) is 7.75. The molecule has 3 aromatic rings. The Morgan fingerprint density at radius 2 is 1.86 bits per heavy atom. The molecule has 3 heterocycles. The Morgan fingerprint density at radius 1 is 1.14 bits per heavy atom. The van der Waals surface area contributed by atoms with Crippen LogP contribution < -0.4 is 4.74 Å². The maximum atomic E-state index is 13.6. The Bertz CT molecular complexity index is 1230. The molecule has 4 rings (SSSR count). The van der Waals surface area contributed by atoms with Crippen LogP contribution in [0, 0.1) is 5.92 Å². The molecule has 3 atom stereocenters. The summed E-state index contributed by atoms with van der Waals surface area (Å²) in [5, 5.41) is 9.82. The average Bonchev–Trinajstić information content (AvgIpc) is 2.86. The first kappa shape index (κ1) is 25.2. The van der Waals surface area contributed by atoms with Gasteiger partial charge in [0.15, 0.2) is 0 Å². The van der Waals surface area contributed by atoms with Crippen molar-refractivity contribution in [3.8, 4) is 16.9 Å². The normalized spacial score (nSPS) is 20.9. The van der Waals surface area contributed by atoms with Gasteiger partial charge in [-0.15, -0.1) is 0 Å². The number of ether oxygens (including phenoxy) is 1. The van der Waals surface area contributed by atoms with Crippen LogP contribution >= 0.6 is 0 Å². The van der Waals surface area contributed by atoms with Crippen molar-refractivity contribution in [3.63, 3.8) is 0 Å². The summed E-state index contributed by atoms with van der Waals surface area (Å²) in [4.78, 5) is 14.4. The van der Waals surface area contributed by atoms with Gasteiger partial charge in [-0.05, 0) is 49.4 Å². The Labute approximate surface area is 206 Å².